The molecule has 0 saturated carbocycles. The van der Waals surface area contributed by atoms with Crippen molar-refractivity contribution >= 4 is 28.9 Å². The second-order valence-electron chi connectivity index (χ2n) is 11.0. The van der Waals surface area contributed by atoms with Gasteiger partial charge in [0.2, 0.25) is 22.1 Å². The molecule has 49 heavy (non-hydrogen) atoms. The van der Waals surface area contributed by atoms with Gasteiger partial charge < -0.3 is 32.8 Å². The van der Waals surface area contributed by atoms with Gasteiger partial charge in [-0.05, 0) is 62.4 Å². The Morgan fingerprint density at radius 1 is 0.816 bits per heavy atom. The minimum atomic E-state index is -0.385. The average molecular weight is 689 g/mol. The third-order valence-electron chi connectivity index (χ3n) is 7.91. The first kappa shape index (κ1) is 35.1. The fraction of sp³-hybridized carbons (Fsp3) is 0.333. The van der Waals surface area contributed by atoms with E-state index in [1.807, 2.05) is 19.2 Å². The number of unbranched alkanes of at least 4 members (excludes halogenated alkanes) is 1. The van der Waals surface area contributed by atoms with Gasteiger partial charge in [-0.15, -0.1) is 10.2 Å². The van der Waals surface area contributed by atoms with Crippen molar-refractivity contribution in [3.8, 4) is 45.8 Å². The van der Waals surface area contributed by atoms with Crippen LogP contribution in [0.25, 0.3) is 22.3 Å². The normalized spacial score (nSPS) is 11.3. The largest absolute Gasteiger partial charge is 0.496 e. The van der Waals surface area contributed by atoms with Crippen LogP contribution in [0.15, 0.2) is 61.9 Å². The standard InChI is InChI=1S/C36H40N4O8S/c1-21-11-12-24(15-22(21)2)20-37-40-23(3)38-39-36(40)49-14-10-9-13-47-35-32(41)31-27(43-5)18-26(42-4)19-28(31)48-33(35)25-16-29(44-6)34(46-8)30(17-25)45-7/h11-12,15-20H,9-10,13-14H2,1-8H3. The van der Waals surface area contributed by atoms with Crippen molar-refractivity contribution in [2.45, 2.75) is 38.8 Å². The van der Waals surface area contributed by atoms with Crippen LogP contribution >= 0.6 is 11.8 Å². The molecule has 0 radical (unpaired) electrons. The highest BCUT2D eigenvalue weighted by Crippen LogP contribution is 2.44. The van der Waals surface area contributed by atoms with Crippen molar-refractivity contribution < 1.29 is 32.8 Å². The van der Waals surface area contributed by atoms with E-state index in [0.29, 0.717) is 51.7 Å². The molecule has 2 aromatic heterocycles. The predicted octanol–water partition coefficient (Wildman–Crippen LogP) is 6.85. The van der Waals surface area contributed by atoms with Crippen LogP contribution in [-0.4, -0.2) is 69.0 Å². The highest BCUT2D eigenvalue weighted by molar-refractivity contribution is 7.99. The number of ether oxygens (including phenoxy) is 6. The molecule has 0 spiro atoms. The summed E-state index contributed by atoms with van der Waals surface area (Å²) >= 11 is 1.55. The summed E-state index contributed by atoms with van der Waals surface area (Å²) in [5, 5.41) is 14.1. The van der Waals surface area contributed by atoms with Crippen LogP contribution in [0.5, 0.6) is 34.5 Å². The van der Waals surface area contributed by atoms with Crippen LogP contribution in [0.4, 0.5) is 0 Å². The van der Waals surface area contributed by atoms with Crippen LogP contribution in [0.1, 0.15) is 35.4 Å². The topological polar surface area (TPSA) is 129 Å². The van der Waals surface area contributed by atoms with E-state index in [0.717, 1.165) is 17.7 Å². The van der Waals surface area contributed by atoms with Gasteiger partial charge in [0.15, 0.2) is 23.1 Å². The second-order valence-corrected chi connectivity index (χ2v) is 12.1. The number of methoxy groups -OCH3 is 5. The first-order valence-corrected chi connectivity index (χ1v) is 16.5. The summed E-state index contributed by atoms with van der Waals surface area (Å²) in [7, 11) is 7.56. The first-order chi connectivity index (χ1) is 23.7. The molecule has 0 aliphatic rings. The van der Waals surface area contributed by atoms with E-state index in [2.05, 4.69) is 41.3 Å². The number of fused-ring (bicyclic) bond motifs is 1. The van der Waals surface area contributed by atoms with Crippen molar-refractivity contribution in [2.75, 3.05) is 47.9 Å². The Balaban J connectivity index is 1.36. The summed E-state index contributed by atoms with van der Waals surface area (Å²) in [5.74, 6) is 3.64. The van der Waals surface area contributed by atoms with Crippen LogP contribution in [0, 0.1) is 20.8 Å². The smallest absolute Gasteiger partial charge is 0.239 e. The number of aromatic nitrogens is 3. The molecule has 0 aliphatic heterocycles. The Morgan fingerprint density at radius 3 is 2.20 bits per heavy atom. The van der Waals surface area contributed by atoms with E-state index >= 15 is 0 Å². The molecule has 0 fully saturated rings. The molecular weight excluding hydrogens is 648 g/mol. The van der Waals surface area contributed by atoms with E-state index in [1.165, 1.54) is 46.7 Å². The highest BCUT2D eigenvalue weighted by atomic mass is 32.2. The van der Waals surface area contributed by atoms with Crippen LogP contribution in [-0.2, 0) is 0 Å². The lowest BCUT2D eigenvalue weighted by atomic mass is 10.1. The Kier molecular flexibility index (Phi) is 11.3. The van der Waals surface area contributed by atoms with E-state index < -0.39 is 0 Å². The first-order valence-electron chi connectivity index (χ1n) is 15.5. The Bertz CT molecular complexity index is 2010. The number of hydrogen-bond acceptors (Lipinski definition) is 12. The molecule has 258 valence electrons. The van der Waals surface area contributed by atoms with E-state index in [1.54, 1.807) is 40.7 Å². The van der Waals surface area contributed by atoms with Crippen LogP contribution in [0.3, 0.4) is 0 Å². The molecule has 3 aromatic carbocycles. The summed E-state index contributed by atoms with van der Waals surface area (Å²) < 4.78 is 41.9. The van der Waals surface area contributed by atoms with E-state index in [-0.39, 0.29) is 34.5 Å². The summed E-state index contributed by atoms with van der Waals surface area (Å²) in [6.45, 7) is 6.29. The van der Waals surface area contributed by atoms with E-state index in [4.69, 9.17) is 32.8 Å². The number of rotatable bonds is 15. The number of nitrogens with zero attached hydrogens (tertiary/aromatic N) is 4. The Labute approximate surface area is 288 Å². The van der Waals surface area contributed by atoms with Gasteiger partial charge in [0.05, 0.1) is 48.4 Å². The maximum absolute atomic E-state index is 14.0. The molecular formula is C36H40N4O8S. The highest BCUT2D eigenvalue weighted by Gasteiger charge is 2.24. The fourth-order valence-electron chi connectivity index (χ4n) is 5.13. The summed E-state index contributed by atoms with van der Waals surface area (Å²) in [4.78, 5) is 14.0. The molecule has 0 unspecified atom stereocenters. The van der Waals surface area contributed by atoms with Crippen molar-refractivity contribution in [1.29, 1.82) is 0 Å². The molecule has 13 heteroatoms. The molecule has 2 heterocycles. The zero-order valence-electron chi connectivity index (χ0n) is 28.9. The van der Waals surface area contributed by atoms with Crippen LogP contribution in [0.2, 0.25) is 0 Å². The SMILES string of the molecule is COc1cc(OC)c2c(=O)c(OCCCCSc3nnc(C)n3N=Cc3ccc(C)c(C)c3)c(-c3cc(OC)c(OC)c(OC)c3)oc2c1. The van der Waals surface area contributed by atoms with Gasteiger partial charge in [0.1, 0.15) is 22.5 Å². The van der Waals surface area contributed by atoms with Gasteiger partial charge >= 0.3 is 0 Å². The van der Waals surface area contributed by atoms with Crippen molar-refractivity contribution in [1.82, 2.24) is 14.9 Å². The maximum Gasteiger partial charge on any atom is 0.239 e. The summed E-state index contributed by atoms with van der Waals surface area (Å²) in [5.41, 5.74) is 3.83. The number of aryl methyl sites for hydroxylation is 3. The van der Waals surface area contributed by atoms with Crippen LogP contribution < -0.4 is 33.8 Å². The van der Waals surface area contributed by atoms with Gasteiger partial charge in [-0.2, -0.15) is 9.78 Å². The average Bonchev–Trinajstić information content (AvgIpc) is 3.47. The third kappa shape index (κ3) is 7.62. The molecule has 12 nitrogen and oxygen atoms in total. The molecule has 5 aromatic rings. The van der Waals surface area contributed by atoms with Gasteiger partial charge in [0.25, 0.3) is 0 Å². The Morgan fingerprint density at radius 2 is 1.55 bits per heavy atom. The van der Waals surface area contributed by atoms with E-state index in [9.17, 15) is 4.79 Å². The Hall–Kier alpha value is -5.17. The predicted molar refractivity (Wildman–Crippen MR) is 190 cm³/mol. The minimum absolute atomic E-state index is 0.0361. The lowest BCUT2D eigenvalue weighted by molar-refractivity contribution is 0.301. The van der Waals surface area contributed by atoms with Gasteiger partial charge in [-0.25, -0.2) is 0 Å². The zero-order chi connectivity index (χ0) is 35.1. The van der Waals surface area contributed by atoms with Crippen molar-refractivity contribution in [2.24, 2.45) is 5.10 Å². The van der Waals surface area contributed by atoms with Gasteiger partial charge in [-0.3, -0.25) is 4.79 Å². The monoisotopic (exact) mass is 688 g/mol. The maximum atomic E-state index is 14.0. The summed E-state index contributed by atoms with van der Waals surface area (Å²) in [6, 6.07) is 12.9. The van der Waals surface area contributed by atoms with Crippen molar-refractivity contribution in [3.63, 3.8) is 0 Å². The molecule has 0 aliphatic carbocycles. The van der Waals surface area contributed by atoms with Crippen molar-refractivity contribution in [3.05, 3.63) is 75.2 Å². The molecule has 0 amide bonds. The summed E-state index contributed by atoms with van der Waals surface area (Å²) in [6.07, 6.45) is 3.24. The lowest BCUT2D eigenvalue weighted by Gasteiger charge is -2.17. The van der Waals surface area contributed by atoms with Gasteiger partial charge in [-0.1, -0.05) is 30.0 Å². The minimum Gasteiger partial charge on any atom is -0.496 e. The second kappa shape index (κ2) is 15.8. The third-order valence-corrected chi connectivity index (χ3v) is 8.92. The fourth-order valence-corrected chi connectivity index (χ4v) is 6.06. The number of thioether (sulfide) groups is 1. The van der Waals surface area contributed by atoms with Gasteiger partial charge in [0, 0.05) is 23.4 Å². The number of benzene rings is 3. The lowest BCUT2D eigenvalue weighted by Crippen LogP contribution is -2.12. The molecule has 0 saturated heterocycles. The zero-order valence-corrected chi connectivity index (χ0v) is 29.7. The molecule has 0 atom stereocenters. The quantitative estimate of drug-likeness (QED) is 0.0650. The number of hydrogen-bond donors (Lipinski definition) is 0. The molecule has 5 rings (SSSR count). The molecule has 0 bridgehead atoms. The molecule has 0 N–H and O–H groups in total.